The van der Waals surface area contributed by atoms with Crippen molar-refractivity contribution in [2.24, 2.45) is 5.92 Å². The van der Waals surface area contributed by atoms with Crippen molar-refractivity contribution in [2.45, 2.75) is 12.3 Å². The summed E-state index contributed by atoms with van der Waals surface area (Å²) in [6.07, 6.45) is 5.26. The molecule has 15 heavy (non-hydrogen) atoms. The number of carbonyl (C=O) groups excluding carboxylic acids is 1. The number of aldehydes is 1. The molecule has 2 atom stereocenters. The van der Waals surface area contributed by atoms with Gasteiger partial charge in [-0.3, -0.25) is 0 Å². The molecule has 2 rings (SSSR count). The highest BCUT2D eigenvalue weighted by molar-refractivity contribution is 5.62. The number of rotatable bonds is 2. The molecule has 2 nitrogen and oxygen atoms in total. The summed E-state index contributed by atoms with van der Waals surface area (Å²) in [5.41, 5.74) is 2.13. The smallest absolute Gasteiger partial charge is 0.120 e. The summed E-state index contributed by atoms with van der Waals surface area (Å²) in [5.74, 6) is -0.154. The number of fused-ring (bicyclic) bond motifs is 1. The van der Waals surface area contributed by atoms with E-state index in [1.807, 2.05) is 36.4 Å². The molecule has 0 radical (unpaired) electrons. The molecule has 0 saturated heterocycles. The zero-order valence-electron chi connectivity index (χ0n) is 8.26. The van der Waals surface area contributed by atoms with E-state index in [0.29, 0.717) is 6.42 Å². The zero-order chi connectivity index (χ0) is 10.7. The SMILES string of the molecule is N#CC1c2ccccc2C=CC1CC=O. The van der Waals surface area contributed by atoms with Gasteiger partial charge in [0.05, 0.1) is 12.0 Å². The molecule has 1 aliphatic carbocycles. The number of hydrogen-bond acceptors (Lipinski definition) is 2. The van der Waals surface area contributed by atoms with Gasteiger partial charge in [-0.1, -0.05) is 36.4 Å². The maximum absolute atomic E-state index is 10.5. The summed E-state index contributed by atoms with van der Waals surface area (Å²) in [7, 11) is 0. The predicted octanol–water partition coefficient (Wildman–Crippen LogP) is 2.53. The second-order valence-corrected chi connectivity index (χ2v) is 3.66. The second kappa shape index (κ2) is 4.10. The van der Waals surface area contributed by atoms with E-state index in [1.54, 1.807) is 0 Å². The van der Waals surface area contributed by atoms with Crippen LogP contribution >= 0.6 is 0 Å². The minimum absolute atomic E-state index is 0.0300. The Balaban J connectivity index is 2.42. The van der Waals surface area contributed by atoms with Crippen LogP contribution in [0.15, 0.2) is 30.3 Å². The first-order chi connectivity index (χ1) is 7.36. The maximum atomic E-state index is 10.5. The molecule has 0 bridgehead atoms. The molecule has 2 unspecified atom stereocenters. The van der Waals surface area contributed by atoms with Crippen LogP contribution in [0.3, 0.4) is 0 Å². The molecule has 0 heterocycles. The molecule has 1 aromatic carbocycles. The van der Waals surface area contributed by atoms with Crippen LogP contribution in [0.1, 0.15) is 23.5 Å². The molecule has 1 aliphatic rings. The van der Waals surface area contributed by atoms with Gasteiger partial charge in [-0.2, -0.15) is 5.26 Å². The van der Waals surface area contributed by atoms with E-state index in [2.05, 4.69) is 6.07 Å². The van der Waals surface area contributed by atoms with E-state index < -0.39 is 0 Å². The molecule has 0 aromatic heterocycles. The van der Waals surface area contributed by atoms with E-state index in [0.717, 1.165) is 17.4 Å². The van der Waals surface area contributed by atoms with Crippen LogP contribution in [0.5, 0.6) is 0 Å². The normalized spacial score (nSPS) is 22.9. The van der Waals surface area contributed by atoms with Crippen LogP contribution in [0.25, 0.3) is 6.08 Å². The van der Waals surface area contributed by atoms with Gasteiger partial charge in [-0.25, -0.2) is 0 Å². The van der Waals surface area contributed by atoms with Crippen molar-refractivity contribution in [1.29, 1.82) is 5.26 Å². The average Bonchev–Trinajstić information content (AvgIpc) is 2.29. The summed E-state index contributed by atoms with van der Waals surface area (Å²) in [5, 5.41) is 9.14. The molecule has 0 fully saturated rings. The molecule has 0 amide bonds. The van der Waals surface area contributed by atoms with Gasteiger partial charge in [-0.05, 0) is 11.1 Å². The van der Waals surface area contributed by atoms with E-state index in [4.69, 9.17) is 5.26 Å². The molecule has 0 saturated carbocycles. The lowest BCUT2D eigenvalue weighted by molar-refractivity contribution is -0.108. The first-order valence-corrected chi connectivity index (χ1v) is 4.97. The van der Waals surface area contributed by atoms with Crippen molar-refractivity contribution in [3.8, 4) is 6.07 Å². The van der Waals surface area contributed by atoms with Crippen LogP contribution in [-0.4, -0.2) is 6.29 Å². The maximum Gasteiger partial charge on any atom is 0.120 e. The third kappa shape index (κ3) is 1.69. The molecule has 0 N–H and O–H groups in total. The lowest BCUT2D eigenvalue weighted by atomic mass is 9.79. The molecule has 0 aliphatic heterocycles. The van der Waals surface area contributed by atoms with Crippen LogP contribution in [-0.2, 0) is 4.79 Å². The second-order valence-electron chi connectivity index (χ2n) is 3.66. The Kier molecular flexibility index (Phi) is 2.64. The summed E-state index contributed by atoms with van der Waals surface area (Å²) in [6.45, 7) is 0. The van der Waals surface area contributed by atoms with Crippen molar-refractivity contribution in [3.63, 3.8) is 0 Å². The summed E-state index contributed by atoms with van der Waals surface area (Å²) in [4.78, 5) is 10.5. The van der Waals surface area contributed by atoms with Gasteiger partial charge in [-0.15, -0.1) is 0 Å². The number of allylic oxidation sites excluding steroid dienone is 1. The Morgan fingerprint density at radius 1 is 1.40 bits per heavy atom. The largest absolute Gasteiger partial charge is 0.303 e. The quantitative estimate of drug-likeness (QED) is 0.683. The number of nitrogens with zero attached hydrogens (tertiary/aromatic N) is 1. The first-order valence-electron chi connectivity index (χ1n) is 4.97. The Morgan fingerprint density at radius 3 is 2.93 bits per heavy atom. The van der Waals surface area contributed by atoms with Crippen LogP contribution < -0.4 is 0 Å². The van der Waals surface area contributed by atoms with Crippen LogP contribution in [0.2, 0.25) is 0 Å². The number of carbonyl (C=O) groups is 1. The fourth-order valence-electron chi connectivity index (χ4n) is 2.01. The number of nitriles is 1. The number of hydrogen-bond donors (Lipinski definition) is 0. The van der Waals surface area contributed by atoms with Gasteiger partial charge >= 0.3 is 0 Å². The van der Waals surface area contributed by atoms with Gasteiger partial charge in [0.2, 0.25) is 0 Å². The Labute approximate surface area is 88.8 Å². The predicted molar refractivity (Wildman–Crippen MR) is 58.0 cm³/mol. The van der Waals surface area contributed by atoms with Crippen molar-refractivity contribution >= 4 is 12.4 Å². The third-order valence-corrected chi connectivity index (χ3v) is 2.79. The van der Waals surface area contributed by atoms with E-state index in [1.165, 1.54) is 0 Å². The fourth-order valence-corrected chi connectivity index (χ4v) is 2.01. The standard InChI is InChI=1S/C13H11NO/c14-9-13-11(7-8-15)6-5-10-3-1-2-4-12(10)13/h1-6,8,11,13H,7H2. The van der Waals surface area contributed by atoms with E-state index in [-0.39, 0.29) is 11.8 Å². The highest BCUT2D eigenvalue weighted by Gasteiger charge is 2.25. The van der Waals surface area contributed by atoms with Gasteiger partial charge in [0.25, 0.3) is 0 Å². The Morgan fingerprint density at radius 2 is 2.20 bits per heavy atom. The minimum atomic E-state index is -0.184. The van der Waals surface area contributed by atoms with Crippen molar-refractivity contribution < 1.29 is 4.79 Å². The van der Waals surface area contributed by atoms with E-state index >= 15 is 0 Å². The molecular weight excluding hydrogens is 186 g/mol. The highest BCUT2D eigenvalue weighted by atomic mass is 16.1. The average molecular weight is 197 g/mol. The lowest BCUT2D eigenvalue weighted by Crippen LogP contribution is -2.14. The van der Waals surface area contributed by atoms with Crippen molar-refractivity contribution in [2.75, 3.05) is 0 Å². The monoisotopic (exact) mass is 197 g/mol. The molecule has 0 spiro atoms. The van der Waals surface area contributed by atoms with Gasteiger partial charge in [0.15, 0.2) is 0 Å². The first kappa shape index (κ1) is 9.67. The Bertz CT molecular complexity index is 442. The zero-order valence-corrected chi connectivity index (χ0v) is 8.26. The van der Waals surface area contributed by atoms with Crippen LogP contribution in [0.4, 0.5) is 0 Å². The molecular formula is C13H11NO. The van der Waals surface area contributed by atoms with Crippen molar-refractivity contribution in [3.05, 3.63) is 41.5 Å². The molecule has 74 valence electrons. The van der Waals surface area contributed by atoms with Gasteiger partial charge < -0.3 is 4.79 Å². The fraction of sp³-hybridized carbons (Fsp3) is 0.231. The summed E-state index contributed by atoms with van der Waals surface area (Å²) >= 11 is 0. The number of benzene rings is 1. The van der Waals surface area contributed by atoms with Gasteiger partial charge in [0.1, 0.15) is 6.29 Å². The third-order valence-electron chi connectivity index (χ3n) is 2.79. The topological polar surface area (TPSA) is 40.9 Å². The van der Waals surface area contributed by atoms with Crippen LogP contribution in [0, 0.1) is 17.2 Å². The van der Waals surface area contributed by atoms with E-state index in [9.17, 15) is 4.79 Å². The summed E-state index contributed by atoms with van der Waals surface area (Å²) < 4.78 is 0. The molecule has 1 aromatic rings. The summed E-state index contributed by atoms with van der Waals surface area (Å²) in [6, 6.07) is 10.1. The van der Waals surface area contributed by atoms with Crippen molar-refractivity contribution in [1.82, 2.24) is 0 Å². The highest BCUT2D eigenvalue weighted by Crippen LogP contribution is 2.34. The minimum Gasteiger partial charge on any atom is -0.303 e. The lowest BCUT2D eigenvalue weighted by Gasteiger charge is -2.22. The Hall–Kier alpha value is -1.88. The van der Waals surface area contributed by atoms with Gasteiger partial charge in [0, 0.05) is 12.3 Å². The molecule has 2 heteroatoms.